The molecule has 0 spiro atoms. The Kier molecular flexibility index (Phi) is 5.95. The predicted molar refractivity (Wildman–Crippen MR) is 100 cm³/mol. The zero-order chi connectivity index (χ0) is 17.6. The van der Waals surface area contributed by atoms with E-state index in [9.17, 15) is 4.79 Å². The standard InChI is InChI=1S/C20H23ClN2O2/c1-25-17-8-4-6-15(12-17)13-23-11-5-7-16(14-23)22-20(24)18-9-2-3-10-19(18)21/h2-4,6,8-10,12,16H,5,7,11,13-14H2,1H3,(H,22,24). The molecule has 1 unspecified atom stereocenters. The van der Waals surface area contributed by atoms with Crippen molar-refractivity contribution in [3.63, 3.8) is 0 Å². The smallest absolute Gasteiger partial charge is 0.253 e. The third-order valence-electron chi connectivity index (χ3n) is 4.50. The molecule has 3 rings (SSSR count). The van der Waals surface area contributed by atoms with Crippen LogP contribution in [0.15, 0.2) is 48.5 Å². The van der Waals surface area contributed by atoms with Crippen LogP contribution in [-0.2, 0) is 6.54 Å². The Morgan fingerprint density at radius 3 is 2.92 bits per heavy atom. The highest BCUT2D eigenvalue weighted by molar-refractivity contribution is 6.33. The molecule has 1 fully saturated rings. The number of amides is 1. The van der Waals surface area contributed by atoms with Crippen LogP contribution in [0.1, 0.15) is 28.8 Å². The third kappa shape index (κ3) is 4.74. The first-order chi connectivity index (χ1) is 12.2. The van der Waals surface area contributed by atoms with E-state index in [1.54, 1.807) is 19.2 Å². The Morgan fingerprint density at radius 1 is 1.28 bits per heavy atom. The fourth-order valence-corrected chi connectivity index (χ4v) is 3.48. The second-order valence-corrected chi connectivity index (χ2v) is 6.79. The minimum Gasteiger partial charge on any atom is -0.497 e. The molecule has 2 aromatic rings. The van der Waals surface area contributed by atoms with Crippen LogP contribution in [0.2, 0.25) is 5.02 Å². The molecule has 0 radical (unpaired) electrons. The van der Waals surface area contributed by atoms with Gasteiger partial charge in [-0.1, -0.05) is 35.9 Å². The molecule has 132 valence electrons. The molecule has 1 N–H and O–H groups in total. The Balaban J connectivity index is 1.59. The average molecular weight is 359 g/mol. The minimum absolute atomic E-state index is 0.0983. The number of halogens is 1. The van der Waals surface area contributed by atoms with Crippen molar-refractivity contribution in [3.05, 3.63) is 64.7 Å². The molecule has 5 heteroatoms. The molecule has 0 bridgehead atoms. The van der Waals surface area contributed by atoms with Crippen LogP contribution in [0.25, 0.3) is 0 Å². The lowest BCUT2D eigenvalue weighted by atomic mass is 10.0. The number of hydrogen-bond donors (Lipinski definition) is 1. The molecule has 0 aliphatic carbocycles. The highest BCUT2D eigenvalue weighted by Crippen LogP contribution is 2.19. The second-order valence-electron chi connectivity index (χ2n) is 6.38. The average Bonchev–Trinajstić information content (AvgIpc) is 2.62. The summed E-state index contributed by atoms with van der Waals surface area (Å²) in [6.07, 6.45) is 2.06. The van der Waals surface area contributed by atoms with E-state index in [1.807, 2.05) is 24.3 Å². The number of rotatable bonds is 5. The van der Waals surface area contributed by atoms with Crippen molar-refractivity contribution in [2.45, 2.75) is 25.4 Å². The molecule has 4 nitrogen and oxygen atoms in total. The normalized spacial score (nSPS) is 17.9. The number of likely N-dealkylation sites (tertiary alicyclic amines) is 1. The lowest BCUT2D eigenvalue weighted by Crippen LogP contribution is -2.47. The van der Waals surface area contributed by atoms with Crippen LogP contribution >= 0.6 is 11.6 Å². The molecule has 1 heterocycles. The summed E-state index contributed by atoms with van der Waals surface area (Å²) in [5.41, 5.74) is 1.76. The molecular weight excluding hydrogens is 336 g/mol. The van der Waals surface area contributed by atoms with Gasteiger partial charge in [-0.15, -0.1) is 0 Å². The van der Waals surface area contributed by atoms with Crippen molar-refractivity contribution in [2.75, 3.05) is 20.2 Å². The molecule has 1 atom stereocenters. The van der Waals surface area contributed by atoms with Gasteiger partial charge >= 0.3 is 0 Å². The number of benzene rings is 2. The van der Waals surface area contributed by atoms with E-state index in [0.717, 1.165) is 38.2 Å². The maximum Gasteiger partial charge on any atom is 0.253 e. The summed E-state index contributed by atoms with van der Waals surface area (Å²) in [6, 6.07) is 15.4. The van der Waals surface area contributed by atoms with Crippen LogP contribution in [0.4, 0.5) is 0 Å². The molecule has 0 saturated carbocycles. The van der Waals surface area contributed by atoms with E-state index < -0.39 is 0 Å². The summed E-state index contributed by atoms with van der Waals surface area (Å²) in [7, 11) is 1.68. The molecule has 2 aromatic carbocycles. The lowest BCUT2D eigenvalue weighted by molar-refractivity contribution is 0.0901. The van der Waals surface area contributed by atoms with Gasteiger partial charge in [-0.3, -0.25) is 9.69 Å². The van der Waals surface area contributed by atoms with Gasteiger partial charge in [-0.2, -0.15) is 0 Å². The fraction of sp³-hybridized carbons (Fsp3) is 0.350. The van der Waals surface area contributed by atoms with Crippen molar-refractivity contribution >= 4 is 17.5 Å². The van der Waals surface area contributed by atoms with Gasteiger partial charge in [0.15, 0.2) is 0 Å². The first kappa shape index (κ1) is 17.8. The van der Waals surface area contributed by atoms with Gasteiger partial charge in [-0.05, 0) is 49.2 Å². The van der Waals surface area contributed by atoms with Crippen LogP contribution in [-0.4, -0.2) is 37.0 Å². The number of piperidine rings is 1. The number of methoxy groups -OCH3 is 1. The SMILES string of the molecule is COc1cccc(CN2CCCC(NC(=O)c3ccccc3Cl)C2)c1. The Labute approximate surface area is 153 Å². The van der Waals surface area contributed by atoms with Crippen LogP contribution < -0.4 is 10.1 Å². The van der Waals surface area contributed by atoms with Gasteiger partial charge in [-0.25, -0.2) is 0 Å². The van der Waals surface area contributed by atoms with Crippen molar-refractivity contribution in [2.24, 2.45) is 0 Å². The van der Waals surface area contributed by atoms with Gasteiger partial charge in [0, 0.05) is 19.1 Å². The summed E-state index contributed by atoms with van der Waals surface area (Å²) in [6.45, 7) is 2.73. The number of ether oxygens (including phenoxy) is 1. The van der Waals surface area contributed by atoms with E-state index in [0.29, 0.717) is 10.6 Å². The highest BCUT2D eigenvalue weighted by atomic mass is 35.5. The summed E-state index contributed by atoms with van der Waals surface area (Å²) in [5.74, 6) is 0.775. The number of hydrogen-bond acceptors (Lipinski definition) is 3. The summed E-state index contributed by atoms with van der Waals surface area (Å²) in [4.78, 5) is 14.8. The van der Waals surface area contributed by atoms with Crippen molar-refractivity contribution in [3.8, 4) is 5.75 Å². The molecule has 25 heavy (non-hydrogen) atoms. The van der Waals surface area contributed by atoms with Crippen LogP contribution in [0.5, 0.6) is 5.75 Å². The molecule has 1 amide bonds. The minimum atomic E-state index is -0.0983. The number of nitrogens with zero attached hydrogens (tertiary/aromatic N) is 1. The molecule has 1 saturated heterocycles. The lowest BCUT2D eigenvalue weighted by Gasteiger charge is -2.33. The van der Waals surface area contributed by atoms with Crippen molar-refractivity contribution < 1.29 is 9.53 Å². The number of carbonyl (C=O) groups is 1. The zero-order valence-corrected chi connectivity index (χ0v) is 15.1. The van der Waals surface area contributed by atoms with Gasteiger partial charge in [0.2, 0.25) is 0 Å². The monoisotopic (exact) mass is 358 g/mol. The van der Waals surface area contributed by atoms with Gasteiger partial charge in [0.05, 0.1) is 17.7 Å². The van der Waals surface area contributed by atoms with E-state index in [-0.39, 0.29) is 11.9 Å². The maximum absolute atomic E-state index is 12.5. The van der Waals surface area contributed by atoms with Gasteiger partial charge in [0.25, 0.3) is 5.91 Å². The number of carbonyl (C=O) groups excluding carboxylic acids is 1. The fourth-order valence-electron chi connectivity index (χ4n) is 3.25. The van der Waals surface area contributed by atoms with Crippen molar-refractivity contribution in [1.82, 2.24) is 10.2 Å². The second kappa shape index (κ2) is 8.37. The molecule has 0 aromatic heterocycles. The van der Waals surface area contributed by atoms with E-state index in [1.165, 1.54) is 5.56 Å². The largest absolute Gasteiger partial charge is 0.497 e. The molecular formula is C20H23ClN2O2. The Morgan fingerprint density at radius 2 is 2.12 bits per heavy atom. The highest BCUT2D eigenvalue weighted by Gasteiger charge is 2.22. The predicted octanol–water partition coefficient (Wildman–Crippen LogP) is 3.74. The Bertz CT molecular complexity index is 735. The summed E-state index contributed by atoms with van der Waals surface area (Å²) >= 11 is 6.12. The first-order valence-electron chi connectivity index (χ1n) is 8.56. The maximum atomic E-state index is 12.5. The van der Waals surface area contributed by atoms with Crippen LogP contribution in [0.3, 0.4) is 0 Å². The number of nitrogens with one attached hydrogen (secondary N) is 1. The Hall–Kier alpha value is -2.04. The van der Waals surface area contributed by atoms with E-state index in [2.05, 4.69) is 22.3 Å². The first-order valence-corrected chi connectivity index (χ1v) is 8.94. The zero-order valence-electron chi connectivity index (χ0n) is 14.4. The van der Waals surface area contributed by atoms with Gasteiger partial charge < -0.3 is 10.1 Å². The quantitative estimate of drug-likeness (QED) is 0.885. The molecule has 1 aliphatic rings. The summed E-state index contributed by atoms with van der Waals surface area (Å²) in [5, 5.41) is 3.61. The van der Waals surface area contributed by atoms with E-state index >= 15 is 0 Å². The van der Waals surface area contributed by atoms with Crippen LogP contribution in [0, 0.1) is 0 Å². The summed E-state index contributed by atoms with van der Waals surface area (Å²) < 4.78 is 5.29. The van der Waals surface area contributed by atoms with E-state index in [4.69, 9.17) is 16.3 Å². The molecule has 1 aliphatic heterocycles. The van der Waals surface area contributed by atoms with Crippen molar-refractivity contribution in [1.29, 1.82) is 0 Å². The third-order valence-corrected chi connectivity index (χ3v) is 4.83. The van der Waals surface area contributed by atoms with Gasteiger partial charge in [0.1, 0.15) is 5.75 Å². The topological polar surface area (TPSA) is 41.6 Å².